The average molecular weight is 478 g/mol. The maximum absolute atomic E-state index is 12.7. The minimum Gasteiger partial charge on any atom is -0.497 e. The quantitative estimate of drug-likeness (QED) is 0.425. The maximum atomic E-state index is 12.7. The number of rotatable bonds is 9. The first-order valence-corrected chi connectivity index (χ1v) is 12.2. The fourth-order valence-corrected chi connectivity index (χ4v) is 4.19. The Morgan fingerprint density at radius 3 is 2.41 bits per heavy atom. The number of aromatic nitrogens is 3. The van der Waals surface area contributed by atoms with Gasteiger partial charge < -0.3 is 10.1 Å². The van der Waals surface area contributed by atoms with Crippen molar-refractivity contribution in [2.24, 2.45) is 5.92 Å². The number of carbonyl (C=O) groups is 1. The van der Waals surface area contributed by atoms with Crippen molar-refractivity contribution in [1.29, 1.82) is 5.26 Å². The van der Waals surface area contributed by atoms with Gasteiger partial charge in [0.2, 0.25) is 5.91 Å². The Hall–Kier alpha value is -3.31. The van der Waals surface area contributed by atoms with E-state index in [0.29, 0.717) is 11.0 Å². The number of amides is 1. The molecule has 2 aromatic carbocycles. The number of thioether (sulfide) groups is 1. The first-order chi connectivity index (χ1) is 16.2. The second-order valence-electron chi connectivity index (χ2n) is 8.89. The van der Waals surface area contributed by atoms with Crippen molar-refractivity contribution in [1.82, 2.24) is 20.1 Å². The predicted molar refractivity (Wildman–Crippen MR) is 135 cm³/mol. The number of hydrogen-bond acceptors (Lipinski definition) is 6. The zero-order valence-electron chi connectivity index (χ0n) is 20.5. The van der Waals surface area contributed by atoms with Gasteiger partial charge >= 0.3 is 0 Å². The lowest BCUT2D eigenvalue weighted by Crippen LogP contribution is -2.49. The third kappa shape index (κ3) is 5.42. The predicted octanol–water partition coefficient (Wildman–Crippen LogP) is 5.21. The number of nitrogens with zero attached hydrogens (tertiary/aromatic N) is 4. The molecule has 8 heteroatoms. The lowest BCUT2D eigenvalue weighted by Gasteiger charge is -2.27. The Labute approximate surface area is 205 Å². The zero-order chi connectivity index (χ0) is 24.9. The van der Waals surface area contributed by atoms with Gasteiger partial charge in [0.15, 0.2) is 11.0 Å². The van der Waals surface area contributed by atoms with Crippen LogP contribution in [0.15, 0.2) is 53.7 Å². The van der Waals surface area contributed by atoms with Crippen molar-refractivity contribution in [2.75, 3.05) is 12.9 Å². The van der Waals surface area contributed by atoms with Gasteiger partial charge in [0, 0.05) is 5.56 Å². The van der Waals surface area contributed by atoms with Gasteiger partial charge in [-0.05, 0) is 54.7 Å². The zero-order valence-corrected chi connectivity index (χ0v) is 21.3. The molecule has 0 aliphatic rings. The number of hydrogen-bond donors (Lipinski definition) is 1. The molecule has 0 spiro atoms. The van der Waals surface area contributed by atoms with Crippen molar-refractivity contribution in [2.45, 2.75) is 51.2 Å². The van der Waals surface area contributed by atoms with Crippen LogP contribution in [0.5, 0.6) is 5.75 Å². The van der Waals surface area contributed by atoms with Crippen LogP contribution in [0.3, 0.4) is 0 Å². The molecule has 1 N–H and O–H groups in total. The van der Waals surface area contributed by atoms with E-state index in [-0.39, 0.29) is 23.5 Å². The third-order valence-corrected chi connectivity index (χ3v) is 6.83. The van der Waals surface area contributed by atoms with Crippen LogP contribution in [0.25, 0.3) is 17.1 Å². The molecule has 3 aromatic rings. The monoisotopic (exact) mass is 477 g/mol. The van der Waals surface area contributed by atoms with Gasteiger partial charge in [-0.25, -0.2) is 0 Å². The van der Waals surface area contributed by atoms with Crippen LogP contribution in [-0.2, 0) is 4.79 Å². The molecule has 178 valence electrons. The number of nitriles is 1. The molecule has 7 nitrogen and oxygen atoms in total. The van der Waals surface area contributed by atoms with Gasteiger partial charge in [-0.3, -0.25) is 9.36 Å². The summed E-state index contributed by atoms with van der Waals surface area (Å²) >= 11 is 1.30. The number of carbonyl (C=O) groups excluding carboxylic acids is 1. The van der Waals surface area contributed by atoms with Gasteiger partial charge in [-0.2, -0.15) is 5.26 Å². The van der Waals surface area contributed by atoms with E-state index < -0.39 is 5.54 Å². The van der Waals surface area contributed by atoms with Crippen molar-refractivity contribution in [3.63, 3.8) is 0 Å². The molecule has 0 aliphatic heterocycles. The van der Waals surface area contributed by atoms with Crippen molar-refractivity contribution in [3.8, 4) is 28.9 Å². The minimum absolute atomic E-state index is 0.0188. The first kappa shape index (κ1) is 25.3. The second kappa shape index (κ2) is 10.7. The van der Waals surface area contributed by atoms with Gasteiger partial charge in [-0.15, -0.1) is 10.2 Å². The van der Waals surface area contributed by atoms with E-state index in [1.54, 1.807) is 14.0 Å². The highest BCUT2D eigenvalue weighted by Crippen LogP contribution is 2.32. The largest absolute Gasteiger partial charge is 0.497 e. The summed E-state index contributed by atoms with van der Waals surface area (Å²) in [4.78, 5) is 12.7. The molecule has 0 saturated heterocycles. The SMILES string of the molecule is COc1ccc(-c2nnc(SCC(=O)N[C@](C)(C#N)C(C)C)n2-c2ccccc2C(C)C)cc1. The van der Waals surface area contributed by atoms with Crippen LogP contribution in [0.1, 0.15) is 46.1 Å². The lowest BCUT2D eigenvalue weighted by atomic mass is 9.90. The van der Waals surface area contributed by atoms with E-state index in [9.17, 15) is 10.1 Å². The topological polar surface area (TPSA) is 92.8 Å². The Balaban J connectivity index is 1.99. The van der Waals surface area contributed by atoms with E-state index in [0.717, 1.165) is 22.6 Å². The lowest BCUT2D eigenvalue weighted by molar-refractivity contribution is -0.120. The Morgan fingerprint density at radius 1 is 1.15 bits per heavy atom. The summed E-state index contributed by atoms with van der Waals surface area (Å²) in [5, 5.41) is 21.9. The Morgan fingerprint density at radius 2 is 1.82 bits per heavy atom. The van der Waals surface area contributed by atoms with Crippen molar-refractivity contribution >= 4 is 17.7 Å². The number of ether oxygens (including phenoxy) is 1. The highest BCUT2D eigenvalue weighted by Gasteiger charge is 2.30. The molecule has 0 fully saturated rings. The van der Waals surface area contributed by atoms with E-state index in [1.807, 2.05) is 60.9 Å². The molecule has 1 heterocycles. The van der Waals surface area contributed by atoms with E-state index >= 15 is 0 Å². The van der Waals surface area contributed by atoms with Gasteiger partial charge in [0.05, 0.1) is 24.6 Å². The molecule has 0 aliphatic carbocycles. The summed E-state index contributed by atoms with van der Waals surface area (Å²) in [7, 11) is 1.63. The molecule has 0 bridgehead atoms. The molecule has 0 saturated carbocycles. The number of methoxy groups -OCH3 is 1. The van der Waals surface area contributed by atoms with Crippen LogP contribution in [0.4, 0.5) is 0 Å². The fraction of sp³-hybridized carbons (Fsp3) is 0.385. The van der Waals surface area contributed by atoms with Crippen LogP contribution >= 0.6 is 11.8 Å². The van der Waals surface area contributed by atoms with Gasteiger partial charge in [0.1, 0.15) is 11.3 Å². The van der Waals surface area contributed by atoms with Crippen LogP contribution in [-0.4, -0.2) is 39.1 Å². The standard InChI is InChI=1S/C26H31N5O2S/c1-17(2)21-9-7-8-10-22(21)31-24(19-11-13-20(33-6)14-12-19)29-30-25(31)34-15-23(32)28-26(5,16-27)18(3)4/h7-14,17-18H,15H2,1-6H3,(H,28,32)/t26-/m1/s1. The fourth-order valence-electron chi connectivity index (χ4n) is 3.44. The molecule has 0 radical (unpaired) electrons. The van der Waals surface area contributed by atoms with Crippen LogP contribution < -0.4 is 10.1 Å². The normalized spacial score (nSPS) is 12.9. The summed E-state index contributed by atoms with van der Waals surface area (Å²) < 4.78 is 7.29. The summed E-state index contributed by atoms with van der Waals surface area (Å²) in [6, 6.07) is 18.0. The van der Waals surface area contributed by atoms with Crippen LogP contribution in [0, 0.1) is 17.2 Å². The number of para-hydroxylation sites is 1. The summed E-state index contributed by atoms with van der Waals surface area (Å²) in [5.41, 5.74) is 2.09. The molecule has 1 atom stereocenters. The van der Waals surface area contributed by atoms with Crippen molar-refractivity contribution in [3.05, 3.63) is 54.1 Å². The molecule has 34 heavy (non-hydrogen) atoms. The second-order valence-corrected chi connectivity index (χ2v) is 9.83. The molecular formula is C26H31N5O2S. The highest BCUT2D eigenvalue weighted by molar-refractivity contribution is 7.99. The Bertz CT molecular complexity index is 1180. The highest BCUT2D eigenvalue weighted by atomic mass is 32.2. The van der Waals surface area contributed by atoms with E-state index in [2.05, 4.69) is 41.5 Å². The number of nitrogens with one attached hydrogen (secondary N) is 1. The van der Waals surface area contributed by atoms with Crippen LogP contribution in [0.2, 0.25) is 0 Å². The first-order valence-electron chi connectivity index (χ1n) is 11.2. The maximum Gasteiger partial charge on any atom is 0.231 e. The van der Waals surface area contributed by atoms with Gasteiger partial charge in [0.25, 0.3) is 0 Å². The Kier molecular flexibility index (Phi) is 8.00. The minimum atomic E-state index is -0.927. The number of benzene rings is 2. The molecule has 1 aromatic heterocycles. The molecular weight excluding hydrogens is 446 g/mol. The smallest absolute Gasteiger partial charge is 0.231 e. The van der Waals surface area contributed by atoms with Crippen molar-refractivity contribution < 1.29 is 9.53 Å². The summed E-state index contributed by atoms with van der Waals surface area (Å²) in [6.45, 7) is 9.86. The van der Waals surface area contributed by atoms with Gasteiger partial charge in [-0.1, -0.05) is 57.7 Å². The van der Waals surface area contributed by atoms with E-state index in [1.165, 1.54) is 11.8 Å². The summed E-state index contributed by atoms with van der Waals surface area (Å²) in [5.74, 6) is 1.60. The third-order valence-electron chi connectivity index (χ3n) is 5.90. The molecule has 3 rings (SSSR count). The average Bonchev–Trinajstić information content (AvgIpc) is 3.26. The molecule has 1 amide bonds. The summed E-state index contributed by atoms with van der Waals surface area (Å²) in [6.07, 6.45) is 0. The van der Waals surface area contributed by atoms with E-state index in [4.69, 9.17) is 4.74 Å². The molecule has 0 unspecified atom stereocenters.